The van der Waals surface area contributed by atoms with Crippen LogP contribution in [0.5, 0.6) is 0 Å². The summed E-state index contributed by atoms with van der Waals surface area (Å²) in [4.78, 5) is 33.0. The number of anilines is 3. The van der Waals surface area contributed by atoms with Crippen molar-refractivity contribution in [2.75, 3.05) is 17.2 Å². The molecule has 166 valence electrons. The number of primary amides is 1. The van der Waals surface area contributed by atoms with E-state index in [1.807, 2.05) is 19.1 Å². The number of nitrogens with one attached hydrogen (secondary N) is 2. The highest BCUT2D eigenvalue weighted by Gasteiger charge is 2.14. The van der Waals surface area contributed by atoms with E-state index in [2.05, 4.69) is 20.6 Å². The molecule has 0 bridgehead atoms. The first-order chi connectivity index (χ1) is 15.4. The Hall–Kier alpha value is -3.82. The number of Topliss-reactive ketones (excluding diaryl/α,β-unsaturated/α-hetero) is 1. The second kappa shape index (κ2) is 10.5. The van der Waals surface area contributed by atoms with Gasteiger partial charge in [0.1, 0.15) is 11.4 Å². The number of nitrogens with zero attached hydrogens (tertiary/aromatic N) is 2. The molecule has 1 amide bonds. The Kier molecular flexibility index (Phi) is 7.48. The fourth-order valence-corrected chi connectivity index (χ4v) is 2.95. The van der Waals surface area contributed by atoms with Crippen molar-refractivity contribution in [3.63, 3.8) is 0 Å². The minimum absolute atomic E-state index is 0.0409. The third-order valence-electron chi connectivity index (χ3n) is 4.65. The van der Waals surface area contributed by atoms with Gasteiger partial charge in [0.15, 0.2) is 5.78 Å². The number of amides is 1. The maximum atomic E-state index is 12.8. The number of ketones is 1. The SMILES string of the molecule is C[C@H](N)CNc1ncc(C(N)=O)c(Nc2cccc(C(=O)Cc3ccc(CO)cc3)c2)n1. The topological polar surface area (TPSA) is 156 Å². The highest BCUT2D eigenvalue weighted by Crippen LogP contribution is 2.21. The van der Waals surface area contributed by atoms with E-state index in [9.17, 15) is 9.59 Å². The van der Waals surface area contributed by atoms with Gasteiger partial charge < -0.3 is 27.2 Å². The van der Waals surface area contributed by atoms with Gasteiger partial charge in [-0.25, -0.2) is 4.98 Å². The van der Waals surface area contributed by atoms with Crippen molar-refractivity contribution in [3.8, 4) is 0 Å². The van der Waals surface area contributed by atoms with Gasteiger partial charge in [-0.05, 0) is 30.2 Å². The average Bonchev–Trinajstić information content (AvgIpc) is 2.78. The Bertz CT molecular complexity index is 1100. The summed E-state index contributed by atoms with van der Waals surface area (Å²) in [5.74, 6) is -0.218. The fourth-order valence-electron chi connectivity index (χ4n) is 2.95. The lowest BCUT2D eigenvalue weighted by molar-refractivity contribution is 0.0987. The van der Waals surface area contributed by atoms with Crippen molar-refractivity contribution in [2.45, 2.75) is 26.0 Å². The van der Waals surface area contributed by atoms with Gasteiger partial charge in [-0.2, -0.15) is 4.98 Å². The van der Waals surface area contributed by atoms with Gasteiger partial charge in [-0.15, -0.1) is 0 Å². The van der Waals surface area contributed by atoms with Gasteiger partial charge in [0.2, 0.25) is 5.95 Å². The molecule has 9 nitrogen and oxygen atoms in total. The molecule has 0 radical (unpaired) electrons. The molecule has 0 aliphatic rings. The first-order valence-electron chi connectivity index (χ1n) is 10.1. The first-order valence-corrected chi connectivity index (χ1v) is 10.1. The zero-order chi connectivity index (χ0) is 23.1. The standard InChI is InChI=1S/C23H26N6O3/c1-14(24)11-26-23-27-12-19(21(25)32)22(29-23)28-18-4-2-3-17(10-18)20(31)9-15-5-7-16(13-30)8-6-15/h2-8,10,12,14,30H,9,11,13,24H2,1H3,(H2,25,32)(H2,26,27,28,29)/t14-/m0/s1. The number of carbonyl (C=O) groups is 2. The molecule has 0 aliphatic heterocycles. The number of benzene rings is 2. The summed E-state index contributed by atoms with van der Waals surface area (Å²) in [7, 11) is 0. The van der Waals surface area contributed by atoms with E-state index in [1.54, 1.807) is 36.4 Å². The number of rotatable bonds is 10. The van der Waals surface area contributed by atoms with Crippen LogP contribution in [0.15, 0.2) is 54.7 Å². The van der Waals surface area contributed by atoms with Crippen LogP contribution in [-0.4, -0.2) is 39.4 Å². The van der Waals surface area contributed by atoms with Gasteiger partial charge in [-0.3, -0.25) is 9.59 Å². The highest BCUT2D eigenvalue weighted by atomic mass is 16.3. The Morgan fingerprint density at radius 3 is 2.50 bits per heavy atom. The van der Waals surface area contributed by atoms with Crippen molar-refractivity contribution in [1.82, 2.24) is 9.97 Å². The Labute approximate surface area is 185 Å². The summed E-state index contributed by atoms with van der Waals surface area (Å²) in [6, 6.07) is 14.0. The van der Waals surface area contributed by atoms with Crippen molar-refractivity contribution in [2.24, 2.45) is 11.5 Å². The second-order valence-electron chi connectivity index (χ2n) is 7.46. The number of carbonyl (C=O) groups excluding carboxylic acids is 2. The van der Waals surface area contributed by atoms with Crippen LogP contribution < -0.4 is 22.1 Å². The third kappa shape index (κ3) is 6.10. The molecular formula is C23H26N6O3. The highest BCUT2D eigenvalue weighted by molar-refractivity contribution is 6.00. The quantitative estimate of drug-likeness (QED) is 0.303. The number of aliphatic hydroxyl groups is 1. The minimum atomic E-state index is -0.676. The number of nitrogens with two attached hydrogens (primary N) is 2. The molecule has 0 saturated heterocycles. The van der Waals surface area contributed by atoms with E-state index in [0.29, 0.717) is 23.7 Å². The predicted molar refractivity (Wildman–Crippen MR) is 123 cm³/mol. The lowest BCUT2D eigenvalue weighted by Gasteiger charge is -2.13. The number of aliphatic hydroxyl groups excluding tert-OH is 1. The van der Waals surface area contributed by atoms with E-state index in [0.717, 1.165) is 11.1 Å². The molecule has 9 heteroatoms. The van der Waals surface area contributed by atoms with Crippen LogP contribution in [0.25, 0.3) is 0 Å². The lowest BCUT2D eigenvalue weighted by atomic mass is 10.0. The number of hydrogen-bond donors (Lipinski definition) is 5. The van der Waals surface area contributed by atoms with E-state index in [4.69, 9.17) is 16.6 Å². The first kappa shape index (κ1) is 22.9. The lowest BCUT2D eigenvalue weighted by Crippen LogP contribution is -2.26. The Morgan fingerprint density at radius 2 is 1.84 bits per heavy atom. The van der Waals surface area contributed by atoms with Gasteiger partial charge in [-0.1, -0.05) is 36.4 Å². The molecule has 1 atom stereocenters. The molecule has 0 fully saturated rings. The molecule has 2 aromatic carbocycles. The maximum Gasteiger partial charge on any atom is 0.254 e. The zero-order valence-electron chi connectivity index (χ0n) is 17.7. The summed E-state index contributed by atoms with van der Waals surface area (Å²) in [6.07, 6.45) is 1.56. The van der Waals surface area contributed by atoms with E-state index < -0.39 is 5.91 Å². The smallest absolute Gasteiger partial charge is 0.254 e. The van der Waals surface area contributed by atoms with Gasteiger partial charge in [0.05, 0.1) is 6.61 Å². The van der Waals surface area contributed by atoms with Crippen LogP contribution in [0.3, 0.4) is 0 Å². The largest absolute Gasteiger partial charge is 0.392 e. The maximum absolute atomic E-state index is 12.8. The van der Waals surface area contributed by atoms with Crippen molar-refractivity contribution in [3.05, 3.63) is 77.0 Å². The molecule has 32 heavy (non-hydrogen) atoms. The summed E-state index contributed by atoms with van der Waals surface area (Å²) in [6.45, 7) is 2.26. The van der Waals surface area contributed by atoms with Gasteiger partial charge in [0, 0.05) is 36.5 Å². The van der Waals surface area contributed by atoms with Gasteiger partial charge in [0.25, 0.3) is 5.91 Å². The third-order valence-corrected chi connectivity index (χ3v) is 4.65. The van der Waals surface area contributed by atoms with Crippen LogP contribution in [0.4, 0.5) is 17.5 Å². The van der Waals surface area contributed by atoms with Crippen molar-refractivity contribution < 1.29 is 14.7 Å². The summed E-state index contributed by atoms with van der Waals surface area (Å²) < 4.78 is 0. The molecule has 3 rings (SSSR count). The monoisotopic (exact) mass is 434 g/mol. The molecule has 0 spiro atoms. The summed E-state index contributed by atoms with van der Waals surface area (Å²) in [5.41, 5.74) is 14.0. The van der Waals surface area contributed by atoms with E-state index >= 15 is 0 Å². The van der Waals surface area contributed by atoms with Crippen LogP contribution in [0, 0.1) is 0 Å². The molecule has 3 aromatic rings. The summed E-state index contributed by atoms with van der Waals surface area (Å²) >= 11 is 0. The minimum Gasteiger partial charge on any atom is -0.392 e. The molecule has 0 aliphatic carbocycles. The molecule has 0 saturated carbocycles. The molecule has 7 N–H and O–H groups in total. The zero-order valence-corrected chi connectivity index (χ0v) is 17.7. The molecule has 1 aromatic heterocycles. The fraction of sp³-hybridized carbons (Fsp3) is 0.217. The van der Waals surface area contributed by atoms with Crippen LogP contribution in [0.1, 0.15) is 38.8 Å². The van der Waals surface area contributed by atoms with E-state index in [1.165, 1.54) is 6.20 Å². The van der Waals surface area contributed by atoms with Crippen LogP contribution in [0.2, 0.25) is 0 Å². The molecule has 1 heterocycles. The Balaban J connectivity index is 1.79. The van der Waals surface area contributed by atoms with Crippen LogP contribution in [-0.2, 0) is 13.0 Å². The normalized spacial score (nSPS) is 11.6. The van der Waals surface area contributed by atoms with Crippen LogP contribution >= 0.6 is 0 Å². The summed E-state index contributed by atoms with van der Waals surface area (Å²) in [5, 5.41) is 15.2. The second-order valence-corrected chi connectivity index (χ2v) is 7.46. The predicted octanol–water partition coefficient (Wildman–Crippen LogP) is 2.00. The number of aromatic nitrogens is 2. The van der Waals surface area contributed by atoms with E-state index in [-0.39, 0.29) is 36.2 Å². The Morgan fingerprint density at radius 1 is 1.12 bits per heavy atom. The van der Waals surface area contributed by atoms with Gasteiger partial charge >= 0.3 is 0 Å². The average molecular weight is 435 g/mol. The number of hydrogen-bond acceptors (Lipinski definition) is 8. The molecule has 0 unspecified atom stereocenters. The van der Waals surface area contributed by atoms with Crippen molar-refractivity contribution >= 4 is 29.1 Å². The molecular weight excluding hydrogens is 408 g/mol. The van der Waals surface area contributed by atoms with Crippen molar-refractivity contribution in [1.29, 1.82) is 0 Å².